The van der Waals surface area contributed by atoms with Gasteiger partial charge < -0.3 is 20.3 Å². The Morgan fingerprint density at radius 3 is 2.65 bits per heavy atom. The highest BCUT2D eigenvalue weighted by molar-refractivity contribution is 5.90. The van der Waals surface area contributed by atoms with E-state index in [9.17, 15) is 9.59 Å². The first-order valence-electron chi connectivity index (χ1n) is 11.2. The van der Waals surface area contributed by atoms with Crippen LogP contribution in [0.1, 0.15) is 23.2 Å². The first-order chi connectivity index (χ1) is 16.3. The molecule has 3 aromatic rings. The average Bonchev–Trinajstić information content (AvgIpc) is 3.23. The van der Waals surface area contributed by atoms with E-state index in [1.807, 2.05) is 57.3 Å². The average molecular weight is 465 g/mol. The molecule has 0 saturated heterocycles. The second-order valence-corrected chi connectivity index (χ2v) is 8.27. The summed E-state index contributed by atoms with van der Waals surface area (Å²) in [5, 5.41) is 10.3. The van der Waals surface area contributed by atoms with E-state index in [0.717, 1.165) is 22.7 Å². The number of aromatic nitrogens is 3. The highest BCUT2D eigenvalue weighted by Gasteiger charge is 2.12. The van der Waals surface area contributed by atoms with Crippen molar-refractivity contribution in [2.45, 2.75) is 33.7 Å². The van der Waals surface area contributed by atoms with E-state index < -0.39 is 0 Å². The van der Waals surface area contributed by atoms with Crippen molar-refractivity contribution < 1.29 is 14.3 Å². The van der Waals surface area contributed by atoms with Gasteiger partial charge in [0.1, 0.15) is 18.9 Å². The molecule has 0 radical (unpaired) electrons. The van der Waals surface area contributed by atoms with Gasteiger partial charge in [0.2, 0.25) is 11.8 Å². The van der Waals surface area contributed by atoms with Crippen LogP contribution >= 0.6 is 0 Å². The molecule has 0 aliphatic carbocycles. The Bertz CT molecular complexity index is 1110. The Labute approximate surface area is 200 Å². The molecule has 9 heteroatoms. The van der Waals surface area contributed by atoms with E-state index in [1.54, 1.807) is 18.1 Å². The van der Waals surface area contributed by atoms with Gasteiger partial charge in [0.05, 0.1) is 18.4 Å². The maximum atomic E-state index is 12.5. The maximum absolute atomic E-state index is 12.5. The first-order valence-corrected chi connectivity index (χ1v) is 11.2. The van der Waals surface area contributed by atoms with Crippen LogP contribution in [-0.2, 0) is 16.1 Å². The summed E-state index contributed by atoms with van der Waals surface area (Å²) < 4.78 is 7.19. The molecule has 1 aromatic carbocycles. The number of nitrogens with zero attached hydrogens (tertiary/aromatic N) is 4. The van der Waals surface area contributed by atoms with Crippen molar-refractivity contribution in [3.05, 3.63) is 65.7 Å². The normalized spacial score (nSPS) is 10.6. The van der Waals surface area contributed by atoms with Crippen LogP contribution in [0, 0.1) is 20.8 Å². The van der Waals surface area contributed by atoms with Gasteiger partial charge in [0, 0.05) is 43.8 Å². The molecule has 0 unspecified atom stereocenters. The number of likely N-dealkylation sites (N-methyl/N-ethyl adjacent to an activating group) is 1. The van der Waals surface area contributed by atoms with Gasteiger partial charge in [0.15, 0.2) is 0 Å². The Kier molecular flexibility index (Phi) is 8.61. The fourth-order valence-electron chi connectivity index (χ4n) is 3.19. The van der Waals surface area contributed by atoms with E-state index in [4.69, 9.17) is 4.74 Å². The zero-order chi connectivity index (χ0) is 24.5. The van der Waals surface area contributed by atoms with Crippen LogP contribution in [0.25, 0.3) is 0 Å². The first kappa shape index (κ1) is 24.8. The fourth-order valence-corrected chi connectivity index (χ4v) is 3.19. The molecule has 34 heavy (non-hydrogen) atoms. The Morgan fingerprint density at radius 1 is 1.12 bits per heavy atom. The van der Waals surface area contributed by atoms with Gasteiger partial charge in [-0.25, -0.2) is 0 Å². The maximum Gasteiger partial charge on any atom is 0.244 e. The Balaban J connectivity index is 1.38. The number of hydrogen-bond donors (Lipinski definition) is 2. The number of rotatable bonds is 11. The summed E-state index contributed by atoms with van der Waals surface area (Å²) in [6, 6.07) is 9.75. The fraction of sp³-hybridized carbons (Fsp3) is 0.360. The molecule has 0 spiro atoms. The van der Waals surface area contributed by atoms with E-state index in [2.05, 4.69) is 20.7 Å². The number of aryl methyl sites for hydroxylation is 3. The lowest BCUT2D eigenvalue weighted by Crippen LogP contribution is -2.33. The topological polar surface area (TPSA) is 101 Å². The van der Waals surface area contributed by atoms with E-state index in [0.29, 0.717) is 31.8 Å². The van der Waals surface area contributed by atoms with Crippen molar-refractivity contribution in [1.82, 2.24) is 19.7 Å². The molecule has 2 N–H and O–H groups in total. The van der Waals surface area contributed by atoms with Gasteiger partial charge in [-0.3, -0.25) is 19.3 Å². The summed E-state index contributed by atoms with van der Waals surface area (Å²) in [6.45, 7) is 7.36. The molecular weight excluding hydrogens is 432 g/mol. The van der Waals surface area contributed by atoms with Crippen LogP contribution < -0.4 is 15.4 Å². The van der Waals surface area contributed by atoms with Gasteiger partial charge in [-0.15, -0.1) is 0 Å². The highest BCUT2D eigenvalue weighted by Crippen LogP contribution is 2.14. The number of ether oxygens (including phenoxy) is 1. The van der Waals surface area contributed by atoms with Crippen LogP contribution in [0.4, 0.5) is 11.4 Å². The summed E-state index contributed by atoms with van der Waals surface area (Å²) in [6.07, 6.45) is 5.29. The van der Waals surface area contributed by atoms with Crippen molar-refractivity contribution in [2.24, 2.45) is 0 Å². The van der Waals surface area contributed by atoms with Crippen molar-refractivity contribution in [2.75, 3.05) is 37.4 Å². The second kappa shape index (κ2) is 11.8. The lowest BCUT2D eigenvalue weighted by Gasteiger charge is -2.17. The van der Waals surface area contributed by atoms with Crippen LogP contribution in [0.3, 0.4) is 0 Å². The third-order valence-electron chi connectivity index (χ3n) is 5.26. The molecule has 2 amide bonds. The molecule has 0 aliphatic heterocycles. The molecule has 0 atom stereocenters. The van der Waals surface area contributed by atoms with Gasteiger partial charge in [-0.05, 0) is 44.5 Å². The lowest BCUT2D eigenvalue weighted by atomic mass is 10.2. The largest absolute Gasteiger partial charge is 0.492 e. The smallest absolute Gasteiger partial charge is 0.244 e. The summed E-state index contributed by atoms with van der Waals surface area (Å²) in [7, 11) is 1.73. The number of hydrogen-bond acceptors (Lipinski definition) is 6. The number of pyridine rings is 1. The molecule has 0 aliphatic rings. The minimum atomic E-state index is -0.132. The third kappa shape index (κ3) is 7.61. The van der Waals surface area contributed by atoms with Gasteiger partial charge in [0.25, 0.3) is 0 Å². The summed E-state index contributed by atoms with van der Waals surface area (Å²) in [4.78, 5) is 30.6. The number of anilines is 2. The quantitative estimate of drug-likeness (QED) is 0.452. The minimum Gasteiger partial charge on any atom is -0.492 e. The Morgan fingerprint density at radius 2 is 1.88 bits per heavy atom. The molecule has 180 valence electrons. The zero-order valence-electron chi connectivity index (χ0n) is 20.2. The number of nitrogens with one attached hydrogen (secondary N) is 2. The lowest BCUT2D eigenvalue weighted by molar-refractivity contribution is -0.131. The van der Waals surface area contributed by atoms with Gasteiger partial charge in [-0.2, -0.15) is 5.10 Å². The predicted octanol–water partition coefficient (Wildman–Crippen LogP) is 3.18. The van der Waals surface area contributed by atoms with Gasteiger partial charge >= 0.3 is 0 Å². The summed E-state index contributed by atoms with van der Waals surface area (Å²) >= 11 is 0. The molecule has 0 bridgehead atoms. The van der Waals surface area contributed by atoms with Crippen molar-refractivity contribution >= 4 is 23.2 Å². The molecule has 2 aromatic heterocycles. The SMILES string of the molecule is Cc1ccc(OCCN(C)C(=O)Cn2cc(NC(=O)CCNc3cc(C)ncc3C)cn2)cc1. The third-order valence-corrected chi connectivity index (χ3v) is 5.26. The zero-order valence-corrected chi connectivity index (χ0v) is 20.2. The van der Waals surface area contributed by atoms with Crippen molar-refractivity contribution in [3.63, 3.8) is 0 Å². The minimum absolute atomic E-state index is 0.0825. The number of carbonyl (C=O) groups excluding carboxylic acids is 2. The number of carbonyl (C=O) groups is 2. The Hall–Kier alpha value is -3.88. The molecule has 2 heterocycles. The molecule has 9 nitrogen and oxygen atoms in total. The van der Waals surface area contributed by atoms with Crippen LogP contribution in [0.15, 0.2) is 48.9 Å². The van der Waals surface area contributed by atoms with Crippen LogP contribution in [0.2, 0.25) is 0 Å². The standard InChI is InChI=1S/C25H32N6O3/c1-18-5-7-22(8-6-18)34-12-11-30(4)25(33)17-31-16-21(15-28-31)29-24(32)9-10-26-23-13-20(3)27-14-19(23)2/h5-8,13-16H,9-12,17H2,1-4H3,(H,26,27)(H,29,32). The monoisotopic (exact) mass is 464 g/mol. The van der Waals surface area contributed by atoms with Crippen LogP contribution in [-0.4, -0.2) is 58.2 Å². The molecular formula is C25H32N6O3. The van der Waals surface area contributed by atoms with E-state index >= 15 is 0 Å². The molecule has 3 rings (SSSR count). The number of amides is 2. The predicted molar refractivity (Wildman–Crippen MR) is 132 cm³/mol. The van der Waals surface area contributed by atoms with Crippen LogP contribution in [0.5, 0.6) is 5.75 Å². The summed E-state index contributed by atoms with van der Waals surface area (Å²) in [5.74, 6) is 0.549. The van der Waals surface area contributed by atoms with Crippen molar-refractivity contribution in [3.8, 4) is 5.75 Å². The molecule has 0 fully saturated rings. The highest BCUT2D eigenvalue weighted by atomic mass is 16.5. The second-order valence-electron chi connectivity index (χ2n) is 8.27. The van der Waals surface area contributed by atoms with Crippen molar-refractivity contribution in [1.29, 1.82) is 0 Å². The van der Waals surface area contributed by atoms with E-state index in [-0.39, 0.29) is 18.4 Å². The molecule has 0 saturated carbocycles. The van der Waals surface area contributed by atoms with Gasteiger partial charge in [-0.1, -0.05) is 17.7 Å². The van der Waals surface area contributed by atoms with E-state index in [1.165, 1.54) is 16.4 Å². The summed E-state index contributed by atoms with van der Waals surface area (Å²) in [5.41, 5.74) is 4.65. The number of benzene rings is 1.